The minimum absolute atomic E-state index is 0.260. The molecule has 2 saturated heterocycles. The van der Waals surface area contributed by atoms with Crippen LogP contribution in [0.2, 0.25) is 0 Å². The Balaban J connectivity index is 1.87. The van der Waals surface area contributed by atoms with E-state index in [1.165, 1.54) is 12.8 Å². The average Bonchev–Trinajstić information content (AvgIpc) is 2.46. The molecule has 0 unspecified atom stereocenters. The second-order valence-electron chi connectivity index (χ2n) is 7.87. The van der Waals surface area contributed by atoms with Crippen molar-refractivity contribution in [3.8, 4) is 0 Å². The number of amides is 1. The van der Waals surface area contributed by atoms with E-state index in [0.29, 0.717) is 17.9 Å². The second kappa shape index (κ2) is 7.13. The first kappa shape index (κ1) is 16.8. The van der Waals surface area contributed by atoms with E-state index in [4.69, 9.17) is 0 Å². The maximum absolute atomic E-state index is 12.8. The first-order valence-corrected chi connectivity index (χ1v) is 8.93. The molecule has 0 radical (unpaired) electrons. The predicted octanol–water partition coefficient (Wildman–Crippen LogP) is 3.25. The Morgan fingerprint density at radius 1 is 1.00 bits per heavy atom. The number of hydrogen-bond donors (Lipinski definition) is 0. The van der Waals surface area contributed by atoms with Gasteiger partial charge in [-0.3, -0.25) is 4.79 Å². The number of carbonyl (C=O) groups excluding carboxylic acids is 1. The maximum Gasteiger partial charge on any atom is 0.226 e. The van der Waals surface area contributed by atoms with Crippen LogP contribution in [0.4, 0.5) is 0 Å². The van der Waals surface area contributed by atoms with Crippen LogP contribution in [0.5, 0.6) is 0 Å². The summed E-state index contributed by atoms with van der Waals surface area (Å²) in [6.07, 6.45) is 3.44. The summed E-state index contributed by atoms with van der Waals surface area (Å²) in [6, 6.07) is 0.602. The van der Waals surface area contributed by atoms with Gasteiger partial charge in [0.1, 0.15) is 0 Å². The van der Waals surface area contributed by atoms with Gasteiger partial charge < -0.3 is 9.80 Å². The minimum Gasteiger partial charge on any atom is -0.342 e. The van der Waals surface area contributed by atoms with Crippen molar-refractivity contribution in [1.82, 2.24) is 9.80 Å². The van der Waals surface area contributed by atoms with Gasteiger partial charge in [-0.15, -0.1) is 0 Å². The number of carbonyl (C=O) groups is 1. The minimum atomic E-state index is 0.260. The normalized spacial score (nSPS) is 29.4. The van der Waals surface area contributed by atoms with Crippen LogP contribution in [0, 0.1) is 23.7 Å². The van der Waals surface area contributed by atoms with Gasteiger partial charge in [-0.2, -0.15) is 0 Å². The third kappa shape index (κ3) is 4.00. The maximum atomic E-state index is 12.8. The summed E-state index contributed by atoms with van der Waals surface area (Å²) < 4.78 is 0. The van der Waals surface area contributed by atoms with E-state index >= 15 is 0 Å². The lowest BCUT2D eigenvalue weighted by molar-refractivity contribution is -0.141. The van der Waals surface area contributed by atoms with Gasteiger partial charge in [0.25, 0.3) is 0 Å². The van der Waals surface area contributed by atoms with E-state index < -0.39 is 0 Å². The molecule has 2 aliphatic heterocycles. The largest absolute Gasteiger partial charge is 0.342 e. The van der Waals surface area contributed by atoms with Crippen LogP contribution in [0.15, 0.2) is 0 Å². The SMILES string of the molecule is CC(C)C1CCN(C(=O)[C@@H]2CCN(C(C)C)C[C@@H]2C)CC1. The lowest BCUT2D eigenvalue weighted by Crippen LogP contribution is -2.50. The van der Waals surface area contributed by atoms with Gasteiger partial charge in [-0.05, 0) is 57.4 Å². The highest BCUT2D eigenvalue weighted by molar-refractivity contribution is 5.79. The van der Waals surface area contributed by atoms with Gasteiger partial charge in [0.2, 0.25) is 5.91 Å². The van der Waals surface area contributed by atoms with Crippen LogP contribution < -0.4 is 0 Å². The second-order valence-corrected chi connectivity index (χ2v) is 7.87. The van der Waals surface area contributed by atoms with Crippen LogP contribution in [-0.2, 0) is 4.79 Å². The van der Waals surface area contributed by atoms with E-state index in [1.807, 2.05) is 0 Å². The molecule has 1 amide bonds. The van der Waals surface area contributed by atoms with Crippen molar-refractivity contribution in [3.05, 3.63) is 0 Å². The van der Waals surface area contributed by atoms with Crippen molar-refractivity contribution >= 4 is 5.91 Å². The monoisotopic (exact) mass is 294 g/mol. The first-order valence-electron chi connectivity index (χ1n) is 8.93. The Labute approximate surface area is 131 Å². The molecule has 0 aromatic carbocycles. The average molecular weight is 294 g/mol. The standard InChI is InChI=1S/C18H34N2O/c1-13(2)16-6-9-19(10-7-16)18(21)17-8-11-20(14(3)4)12-15(17)5/h13-17H,6-12H2,1-5H3/t15-,17+/m0/s1. The van der Waals surface area contributed by atoms with Crippen molar-refractivity contribution in [2.75, 3.05) is 26.2 Å². The highest BCUT2D eigenvalue weighted by Gasteiger charge is 2.35. The molecule has 2 aliphatic rings. The van der Waals surface area contributed by atoms with E-state index in [-0.39, 0.29) is 5.92 Å². The fraction of sp³-hybridized carbons (Fsp3) is 0.944. The fourth-order valence-corrected chi connectivity index (χ4v) is 4.03. The Bertz CT molecular complexity index is 345. The molecule has 0 N–H and O–H groups in total. The van der Waals surface area contributed by atoms with Gasteiger partial charge in [-0.1, -0.05) is 20.8 Å². The molecule has 0 aromatic rings. The summed E-state index contributed by atoms with van der Waals surface area (Å²) in [6.45, 7) is 15.5. The lowest BCUT2D eigenvalue weighted by Gasteiger charge is -2.42. The molecule has 0 saturated carbocycles. The molecule has 122 valence electrons. The topological polar surface area (TPSA) is 23.6 Å². The summed E-state index contributed by atoms with van der Waals surface area (Å²) in [5, 5.41) is 0. The van der Waals surface area contributed by atoms with Crippen LogP contribution in [0.25, 0.3) is 0 Å². The summed E-state index contributed by atoms with van der Waals surface area (Å²) in [5.74, 6) is 2.77. The van der Waals surface area contributed by atoms with Crippen molar-refractivity contribution in [2.45, 2.75) is 59.9 Å². The summed E-state index contributed by atoms with van der Waals surface area (Å²) in [7, 11) is 0. The summed E-state index contributed by atoms with van der Waals surface area (Å²) in [5.41, 5.74) is 0. The van der Waals surface area contributed by atoms with Crippen molar-refractivity contribution in [1.29, 1.82) is 0 Å². The lowest BCUT2D eigenvalue weighted by atomic mass is 9.83. The molecule has 2 atom stereocenters. The number of rotatable bonds is 3. The van der Waals surface area contributed by atoms with Crippen molar-refractivity contribution in [3.63, 3.8) is 0 Å². The molecule has 21 heavy (non-hydrogen) atoms. The zero-order chi connectivity index (χ0) is 15.6. The van der Waals surface area contributed by atoms with Crippen molar-refractivity contribution in [2.24, 2.45) is 23.7 Å². The van der Waals surface area contributed by atoms with Gasteiger partial charge in [0.05, 0.1) is 0 Å². The third-order valence-electron chi connectivity index (χ3n) is 5.78. The van der Waals surface area contributed by atoms with Crippen molar-refractivity contribution < 1.29 is 4.79 Å². The zero-order valence-electron chi connectivity index (χ0n) is 14.6. The van der Waals surface area contributed by atoms with Gasteiger partial charge in [0.15, 0.2) is 0 Å². The molecular formula is C18H34N2O. The van der Waals surface area contributed by atoms with E-state index in [1.54, 1.807) is 0 Å². The van der Waals surface area contributed by atoms with Crippen LogP contribution in [0.1, 0.15) is 53.9 Å². The molecule has 3 nitrogen and oxygen atoms in total. The van der Waals surface area contributed by atoms with Gasteiger partial charge in [0, 0.05) is 31.6 Å². The summed E-state index contributed by atoms with van der Waals surface area (Å²) >= 11 is 0. The zero-order valence-corrected chi connectivity index (χ0v) is 14.6. The third-order valence-corrected chi connectivity index (χ3v) is 5.78. The Morgan fingerprint density at radius 2 is 1.62 bits per heavy atom. The highest BCUT2D eigenvalue weighted by atomic mass is 16.2. The first-order chi connectivity index (χ1) is 9.90. The van der Waals surface area contributed by atoms with Crippen LogP contribution in [0.3, 0.4) is 0 Å². The Hall–Kier alpha value is -0.570. The van der Waals surface area contributed by atoms with E-state index in [0.717, 1.165) is 44.4 Å². The predicted molar refractivity (Wildman–Crippen MR) is 88.1 cm³/mol. The van der Waals surface area contributed by atoms with Gasteiger partial charge >= 0.3 is 0 Å². The smallest absolute Gasteiger partial charge is 0.226 e. The molecule has 3 heteroatoms. The van der Waals surface area contributed by atoms with E-state index in [9.17, 15) is 4.79 Å². The fourth-order valence-electron chi connectivity index (χ4n) is 4.03. The molecule has 0 spiro atoms. The molecule has 2 fully saturated rings. The molecule has 2 heterocycles. The van der Waals surface area contributed by atoms with Crippen LogP contribution in [-0.4, -0.2) is 47.9 Å². The molecular weight excluding hydrogens is 260 g/mol. The molecule has 0 aliphatic carbocycles. The number of hydrogen-bond acceptors (Lipinski definition) is 2. The van der Waals surface area contributed by atoms with E-state index in [2.05, 4.69) is 44.4 Å². The Kier molecular flexibility index (Phi) is 5.70. The van der Waals surface area contributed by atoms with Gasteiger partial charge in [-0.25, -0.2) is 0 Å². The quantitative estimate of drug-likeness (QED) is 0.798. The summed E-state index contributed by atoms with van der Waals surface area (Å²) in [4.78, 5) is 17.5. The highest BCUT2D eigenvalue weighted by Crippen LogP contribution is 2.30. The molecule has 0 bridgehead atoms. The number of nitrogens with zero attached hydrogens (tertiary/aromatic N) is 2. The molecule has 2 rings (SSSR count). The Morgan fingerprint density at radius 3 is 2.10 bits per heavy atom. The molecule has 0 aromatic heterocycles. The van der Waals surface area contributed by atoms with Crippen LogP contribution >= 0.6 is 0 Å². The number of likely N-dealkylation sites (tertiary alicyclic amines) is 2. The number of piperidine rings is 2.